The summed E-state index contributed by atoms with van der Waals surface area (Å²) in [5.41, 5.74) is 5.75. The Hall–Kier alpha value is -2.22. The van der Waals surface area contributed by atoms with E-state index in [1.807, 2.05) is 11.9 Å². The van der Waals surface area contributed by atoms with Gasteiger partial charge in [-0.25, -0.2) is 4.98 Å². The van der Waals surface area contributed by atoms with Crippen LogP contribution in [0.4, 0.5) is 11.9 Å². The van der Waals surface area contributed by atoms with Gasteiger partial charge < -0.3 is 15.4 Å². The fourth-order valence-corrected chi connectivity index (χ4v) is 1.87. The van der Waals surface area contributed by atoms with Gasteiger partial charge in [-0.05, 0) is 18.8 Å². The van der Waals surface area contributed by atoms with Gasteiger partial charge in [-0.15, -0.1) is 0 Å². The fraction of sp³-hybridized carbons (Fsp3) is 0.538. The molecule has 8 heteroatoms. The largest absolute Gasteiger partial charge is 0.379 e. The van der Waals surface area contributed by atoms with Gasteiger partial charge in [0.05, 0.1) is 6.61 Å². The quantitative estimate of drug-likeness (QED) is 0.742. The topological polar surface area (TPSA) is 95.0 Å². The second-order valence-electron chi connectivity index (χ2n) is 5.20. The first-order valence-electron chi connectivity index (χ1n) is 7.01. The molecule has 0 unspecified atom stereocenters. The lowest BCUT2D eigenvalue weighted by Gasteiger charge is -2.17. The molecule has 1 aliphatic rings. The van der Waals surface area contributed by atoms with Crippen molar-refractivity contribution >= 4 is 11.9 Å². The van der Waals surface area contributed by atoms with E-state index >= 15 is 0 Å². The SMILES string of the molecule is CN(CCOCC1CC1)c1nc(N)nc(-n2ccnc2)n1. The average molecular weight is 289 g/mol. The highest BCUT2D eigenvalue weighted by molar-refractivity contribution is 5.37. The minimum atomic E-state index is 0.189. The molecular formula is C13H19N7O. The molecule has 0 radical (unpaired) electrons. The Kier molecular flexibility index (Phi) is 3.96. The highest BCUT2D eigenvalue weighted by Crippen LogP contribution is 2.28. The number of hydrogen-bond acceptors (Lipinski definition) is 7. The molecule has 112 valence electrons. The maximum absolute atomic E-state index is 5.75. The maximum atomic E-state index is 5.75. The predicted octanol–water partition coefficient (Wildman–Crippen LogP) is 0.502. The lowest BCUT2D eigenvalue weighted by Crippen LogP contribution is -2.26. The van der Waals surface area contributed by atoms with Crippen molar-refractivity contribution in [3.8, 4) is 5.95 Å². The monoisotopic (exact) mass is 289 g/mol. The fourth-order valence-electron chi connectivity index (χ4n) is 1.87. The van der Waals surface area contributed by atoms with Crippen molar-refractivity contribution in [2.75, 3.05) is 37.4 Å². The molecule has 0 aromatic carbocycles. The van der Waals surface area contributed by atoms with Crippen LogP contribution in [-0.4, -0.2) is 51.3 Å². The minimum Gasteiger partial charge on any atom is -0.379 e. The molecule has 2 heterocycles. The smallest absolute Gasteiger partial charge is 0.241 e. The van der Waals surface area contributed by atoms with Gasteiger partial charge in [0.1, 0.15) is 6.33 Å². The zero-order valence-electron chi connectivity index (χ0n) is 12.0. The van der Waals surface area contributed by atoms with Crippen LogP contribution in [0, 0.1) is 5.92 Å². The van der Waals surface area contributed by atoms with Crippen molar-refractivity contribution in [2.45, 2.75) is 12.8 Å². The van der Waals surface area contributed by atoms with Gasteiger partial charge >= 0.3 is 0 Å². The number of hydrogen-bond donors (Lipinski definition) is 1. The van der Waals surface area contributed by atoms with Gasteiger partial charge in [-0.2, -0.15) is 15.0 Å². The van der Waals surface area contributed by atoms with Gasteiger partial charge in [-0.3, -0.25) is 4.57 Å². The van der Waals surface area contributed by atoms with Crippen molar-refractivity contribution in [3.05, 3.63) is 18.7 Å². The third-order valence-corrected chi connectivity index (χ3v) is 3.33. The predicted molar refractivity (Wildman–Crippen MR) is 78.2 cm³/mol. The van der Waals surface area contributed by atoms with Gasteiger partial charge in [-0.1, -0.05) is 0 Å². The zero-order valence-corrected chi connectivity index (χ0v) is 12.0. The van der Waals surface area contributed by atoms with Crippen molar-refractivity contribution in [1.82, 2.24) is 24.5 Å². The first-order chi connectivity index (χ1) is 10.2. The number of ether oxygens (including phenoxy) is 1. The summed E-state index contributed by atoms with van der Waals surface area (Å²) in [5.74, 6) is 1.95. The molecule has 0 bridgehead atoms. The summed E-state index contributed by atoms with van der Waals surface area (Å²) in [5, 5.41) is 0. The zero-order chi connectivity index (χ0) is 14.7. The number of rotatable bonds is 7. The van der Waals surface area contributed by atoms with Crippen LogP contribution in [0.2, 0.25) is 0 Å². The number of nitrogens with two attached hydrogens (primary N) is 1. The molecular weight excluding hydrogens is 270 g/mol. The molecule has 0 saturated heterocycles. The summed E-state index contributed by atoms with van der Waals surface area (Å²) in [6, 6.07) is 0. The third kappa shape index (κ3) is 3.66. The molecule has 0 spiro atoms. The summed E-state index contributed by atoms with van der Waals surface area (Å²) < 4.78 is 7.32. The van der Waals surface area contributed by atoms with Crippen molar-refractivity contribution in [3.63, 3.8) is 0 Å². The molecule has 8 nitrogen and oxygen atoms in total. The molecule has 0 amide bonds. The Labute approximate surface area is 123 Å². The van der Waals surface area contributed by atoms with E-state index in [9.17, 15) is 0 Å². The standard InChI is InChI=1S/C13H19N7O/c1-19(6-7-21-8-10-2-3-10)12-16-11(14)17-13(18-12)20-5-4-15-9-20/h4-5,9-10H,2-3,6-8H2,1H3,(H2,14,16,17,18). The second-order valence-corrected chi connectivity index (χ2v) is 5.20. The van der Waals surface area contributed by atoms with E-state index in [0.29, 0.717) is 25.0 Å². The first kappa shape index (κ1) is 13.7. The molecule has 1 saturated carbocycles. The molecule has 21 heavy (non-hydrogen) atoms. The highest BCUT2D eigenvalue weighted by Gasteiger charge is 2.21. The molecule has 2 aromatic heterocycles. The number of anilines is 2. The summed E-state index contributed by atoms with van der Waals surface area (Å²) in [4.78, 5) is 18.5. The molecule has 2 N–H and O–H groups in total. The summed E-state index contributed by atoms with van der Waals surface area (Å²) in [7, 11) is 1.91. The van der Waals surface area contributed by atoms with Crippen LogP contribution in [0.1, 0.15) is 12.8 Å². The highest BCUT2D eigenvalue weighted by atomic mass is 16.5. The Morgan fingerprint density at radius 2 is 2.24 bits per heavy atom. The minimum absolute atomic E-state index is 0.189. The molecule has 1 aliphatic carbocycles. The number of nitrogens with zero attached hydrogens (tertiary/aromatic N) is 6. The number of likely N-dealkylation sites (N-methyl/N-ethyl adjacent to an activating group) is 1. The van der Waals surface area contributed by atoms with E-state index in [0.717, 1.165) is 12.5 Å². The van der Waals surface area contributed by atoms with E-state index < -0.39 is 0 Å². The van der Waals surface area contributed by atoms with Crippen LogP contribution >= 0.6 is 0 Å². The van der Waals surface area contributed by atoms with Crippen LogP contribution in [0.5, 0.6) is 0 Å². The van der Waals surface area contributed by atoms with Crippen LogP contribution in [0.3, 0.4) is 0 Å². The second kappa shape index (κ2) is 6.04. The molecule has 0 atom stereocenters. The number of nitrogen functional groups attached to an aromatic ring is 1. The van der Waals surface area contributed by atoms with E-state index in [1.165, 1.54) is 12.8 Å². The Bertz CT molecular complexity index is 582. The van der Waals surface area contributed by atoms with Crippen molar-refractivity contribution in [1.29, 1.82) is 0 Å². The lowest BCUT2D eigenvalue weighted by atomic mass is 10.5. The number of aromatic nitrogens is 5. The van der Waals surface area contributed by atoms with Crippen molar-refractivity contribution in [2.24, 2.45) is 5.92 Å². The number of imidazole rings is 1. The van der Waals surface area contributed by atoms with Gasteiger partial charge in [0.15, 0.2) is 0 Å². The molecule has 3 rings (SSSR count). The van der Waals surface area contributed by atoms with Crippen LogP contribution in [-0.2, 0) is 4.74 Å². The van der Waals surface area contributed by atoms with E-state index in [4.69, 9.17) is 10.5 Å². The first-order valence-corrected chi connectivity index (χ1v) is 7.01. The van der Waals surface area contributed by atoms with Gasteiger partial charge in [0.25, 0.3) is 0 Å². The normalized spacial score (nSPS) is 14.3. The third-order valence-electron chi connectivity index (χ3n) is 3.33. The van der Waals surface area contributed by atoms with Crippen LogP contribution in [0.25, 0.3) is 5.95 Å². The van der Waals surface area contributed by atoms with Crippen LogP contribution < -0.4 is 10.6 Å². The summed E-state index contributed by atoms with van der Waals surface area (Å²) in [6.45, 7) is 2.21. The lowest BCUT2D eigenvalue weighted by molar-refractivity contribution is 0.130. The maximum Gasteiger partial charge on any atom is 0.241 e. The summed E-state index contributed by atoms with van der Waals surface area (Å²) in [6.07, 6.45) is 7.64. The molecule has 2 aromatic rings. The molecule has 1 fully saturated rings. The van der Waals surface area contributed by atoms with Gasteiger partial charge in [0.2, 0.25) is 17.8 Å². The molecule has 0 aliphatic heterocycles. The van der Waals surface area contributed by atoms with E-state index in [-0.39, 0.29) is 5.95 Å². The van der Waals surface area contributed by atoms with Crippen molar-refractivity contribution < 1.29 is 4.74 Å². The van der Waals surface area contributed by atoms with Gasteiger partial charge in [0, 0.05) is 32.6 Å². The van der Waals surface area contributed by atoms with Crippen LogP contribution in [0.15, 0.2) is 18.7 Å². The Morgan fingerprint density at radius 3 is 2.95 bits per heavy atom. The summed E-state index contributed by atoms with van der Waals surface area (Å²) >= 11 is 0. The van der Waals surface area contributed by atoms with E-state index in [2.05, 4.69) is 19.9 Å². The Morgan fingerprint density at radius 1 is 1.38 bits per heavy atom. The average Bonchev–Trinajstić information content (AvgIpc) is 3.13. The Balaban J connectivity index is 1.62. The van der Waals surface area contributed by atoms with E-state index in [1.54, 1.807) is 23.3 Å².